The molecule has 0 spiro atoms. The van der Waals surface area contributed by atoms with Crippen LogP contribution >= 0.6 is 0 Å². The third-order valence-electron chi connectivity index (χ3n) is 3.79. The van der Waals surface area contributed by atoms with Crippen LogP contribution in [0.25, 0.3) is 0 Å². The van der Waals surface area contributed by atoms with E-state index in [9.17, 15) is 0 Å². The van der Waals surface area contributed by atoms with Gasteiger partial charge in [-0.1, -0.05) is 6.92 Å². The molecular weight excluding hydrogens is 238 g/mol. The molecule has 2 N–H and O–H groups in total. The molecule has 0 saturated carbocycles. The van der Waals surface area contributed by atoms with Gasteiger partial charge < -0.3 is 15.5 Å². The summed E-state index contributed by atoms with van der Waals surface area (Å²) in [4.78, 5) is 11.5. The molecule has 0 bridgehead atoms. The molecule has 1 saturated heterocycles. The first-order chi connectivity index (χ1) is 9.13. The zero-order valence-electron chi connectivity index (χ0n) is 12.5. The Morgan fingerprint density at radius 2 is 2.05 bits per heavy atom. The average Bonchev–Trinajstić information content (AvgIpc) is 2.83. The zero-order valence-corrected chi connectivity index (χ0v) is 12.5. The van der Waals surface area contributed by atoms with Crippen LogP contribution in [0.3, 0.4) is 0 Å². The van der Waals surface area contributed by atoms with E-state index in [1.54, 1.807) is 0 Å². The number of nitrogens with zero attached hydrogens (tertiary/aromatic N) is 3. The second-order valence-electron chi connectivity index (χ2n) is 5.36. The predicted octanol–water partition coefficient (Wildman–Crippen LogP) is 1.75. The fourth-order valence-corrected chi connectivity index (χ4v) is 2.57. The number of aryl methyl sites for hydroxylation is 1. The Balaban J connectivity index is 2.06. The Labute approximate surface area is 115 Å². The molecule has 5 nitrogen and oxygen atoms in total. The van der Waals surface area contributed by atoms with Gasteiger partial charge in [0.2, 0.25) is 0 Å². The molecule has 1 aromatic heterocycles. The molecule has 1 aliphatic heterocycles. The third-order valence-corrected chi connectivity index (χ3v) is 3.79. The smallest absolute Gasteiger partial charge is 0.134 e. The van der Waals surface area contributed by atoms with Crippen molar-refractivity contribution in [3.63, 3.8) is 0 Å². The van der Waals surface area contributed by atoms with E-state index in [4.69, 9.17) is 0 Å². The van der Waals surface area contributed by atoms with E-state index in [2.05, 4.69) is 46.4 Å². The van der Waals surface area contributed by atoms with Crippen LogP contribution in [0.1, 0.15) is 24.7 Å². The Kier molecular flexibility index (Phi) is 4.58. The normalized spacial score (nSPS) is 19.7. The van der Waals surface area contributed by atoms with Crippen molar-refractivity contribution in [2.24, 2.45) is 5.92 Å². The maximum Gasteiger partial charge on any atom is 0.134 e. The minimum atomic E-state index is 0.725. The van der Waals surface area contributed by atoms with Crippen molar-refractivity contribution in [1.82, 2.24) is 14.9 Å². The minimum absolute atomic E-state index is 0.725. The van der Waals surface area contributed by atoms with Crippen molar-refractivity contribution >= 4 is 11.6 Å². The zero-order chi connectivity index (χ0) is 13.8. The van der Waals surface area contributed by atoms with Crippen molar-refractivity contribution in [1.29, 1.82) is 0 Å². The van der Waals surface area contributed by atoms with Crippen molar-refractivity contribution in [2.45, 2.75) is 26.7 Å². The molecule has 0 radical (unpaired) electrons. The molecule has 1 fully saturated rings. The van der Waals surface area contributed by atoms with Gasteiger partial charge in [0, 0.05) is 32.1 Å². The summed E-state index contributed by atoms with van der Waals surface area (Å²) in [5.41, 5.74) is 1.10. The lowest BCUT2D eigenvalue weighted by Crippen LogP contribution is -2.20. The van der Waals surface area contributed by atoms with Gasteiger partial charge in [0.05, 0.1) is 0 Å². The van der Waals surface area contributed by atoms with Crippen LogP contribution in [-0.4, -0.2) is 48.6 Å². The molecule has 0 aliphatic carbocycles. The molecule has 2 heterocycles. The van der Waals surface area contributed by atoms with Crippen molar-refractivity contribution in [2.75, 3.05) is 44.4 Å². The molecule has 0 aromatic carbocycles. The van der Waals surface area contributed by atoms with Gasteiger partial charge in [-0.05, 0) is 32.9 Å². The van der Waals surface area contributed by atoms with Gasteiger partial charge in [-0.3, -0.25) is 0 Å². The molecule has 106 valence electrons. The topological polar surface area (TPSA) is 53.1 Å². The Bertz CT molecular complexity index is 432. The van der Waals surface area contributed by atoms with Crippen LogP contribution in [0.15, 0.2) is 0 Å². The number of aromatic nitrogens is 2. The van der Waals surface area contributed by atoms with Crippen molar-refractivity contribution in [3.05, 3.63) is 11.4 Å². The largest absolute Gasteiger partial charge is 0.373 e. The summed E-state index contributed by atoms with van der Waals surface area (Å²) in [5, 5.41) is 6.65. The molecule has 19 heavy (non-hydrogen) atoms. The minimum Gasteiger partial charge on any atom is -0.373 e. The maximum absolute atomic E-state index is 4.60. The third kappa shape index (κ3) is 3.35. The van der Waals surface area contributed by atoms with E-state index < -0.39 is 0 Å². The first-order valence-electron chi connectivity index (χ1n) is 7.11. The van der Waals surface area contributed by atoms with Crippen molar-refractivity contribution < 1.29 is 0 Å². The van der Waals surface area contributed by atoms with Crippen LogP contribution in [0.4, 0.5) is 11.6 Å². The number of hydrogen-bond acceptors (Lipinski definition) is 5. The maximum atomic E-state index is 4.60. The molecule has 5 heteroatoms. The van der Waals surface area contributed by atoms with Crippen LogP contribution in [0.5, 0.6) is 0 Å². The number of hydrogen-bond donors (Lipinski definition) is 2. The lowest BCUT2D eigenvalue weighted by atomic mass is 10.1. The lowest BCUT2D eigenvalue weighted by molar-refractivity contribution is 0.399. The van der Waals surface area contributed by atoms with E-state index in [-0.39, 0.29) is 0 Å². The lowest BCUT2D eigenvalue weighted by Gasteiger charge is -2.16. The van der Waals surface area contributed by atoms with Crippen LogP contribution in [-0.2, 0) is 6.42 Å². The molecule has 2 rings (SSSR count). The second-order valence-corrected chi connectivity index (χ2v) is 5.36. The summed E-state index contributed by atoms with van der Waals surface area (Å²) in [5.74, 6) is 3.52. The summed E-state index contributed by atoms with van der Waals surface area (Å²) in [6.45, 7) is 7.52. The fraction of sp³-hybridized carbons (Fsp3) is 0.714. The number of anilines is 2. The van der Waals surface area contributed by atoms with Crippen molar-refractivity contribution in [3.8, 4) is 0 Å². The Hall–Kier alpha value is -1.36. The van der Waals surface area contributed by atoms with Gasteiger partial charge in [-0.2, -0.15) is 0 Å². The van der Waals surface area contributed by atoms with E-state index in [0.717, 1.165) is 41.9 Å². The molecule has 1 aliphatic rings. The summed E-state index contributed by atoms with van der Waals surface area (Å²) < 4.78 is 0. The standard InChI is InChI=1S/C14H25N5/c1-5-12-17-13(15-3)10(2)14(18-12)16-8-11-6-7-19(4)9-11/h11H,5-9H2,1-4H3,(H2,15,16,17,18). The number of likely N-dealkylation sites (tertiary alicyclic amines) is 1. The van der Waals surface area contributed by atoms with Gasteiger partial charge in [0.1, 0.15) is 17.5 Å². The van der Waals surface area contributed by atoms with Gasteiger partial charge in [0.15, 0.2) is 0 Å². The second kappa shape index (κ2) is 6.19. The highest BCUT2D eigenvalue weighted by Crippen LogP contribution is 2.21. The monoisotopic (exact) mass is 263 g/mol. The molecule has 1 atom stereocenters. The van der Waals surface area contributed by atoms with E-state index in [1.165, 1.54) is 19.5 Å². The summed E-state index contributed by atoms with van der Waals surface area (Å²) in [7, 11) is 4.09. The average molecular weight is 263 g/mol. The highest BCUT2D eigenvalue weighted by Gasteiger charge is 2.19. The first kappa shape index (κ1) is 14.1. The Morgan fingerprint density at radius 1 is 1.32 bits per heavy atom. The van der Waals surface area contributed by atoms with Gasteiger partial charge in [0.25, 0.3) is 0 Å². The summed E-state index contributed by atoms with van der Waals surface area (Å²) in [6, 6.07) is 0. The summed E-state index contributed by atoms with van der Waals surface area (Å²) in [6.07, 6.45) is 2.13. The Morgan fingerprint density at radius 3 is 2.63 bits per heavy atom. The summed E-state index contributed by atoms with van der Waals surface area (Å²) >= 11 is 0. The SMILES string of the molecule is CCc1nc(NC)c(C)c(NCC2CCN(C)C2)n1. The van der Waals surface area contributed by atoms with Crippen LogP contribution < -0.4 is 10.6 Å². The van der Waals surface area contributed by atoms with Gasteiger partial charge >= 0.3 is 0 Å². The molecule has 1 unspecified atom stereocenters. The first-order valence-corrected chi connectivity index (χ1v) is 7.11. The van der Waals surface area contributed by atoms with E-state index >= 15 is 0 Å². The molecule has 0 amide bonds. The quantitative estimate of drug-likeness (QED) is 0.847. The fourth-order valence-electron chi connectivity index (χ4n) is 2.57. The highest BCUT2D eigenvalue weighted by atomic mass is 15.1. The van der Waals surface area contributed by atoms with Crippen LogP contribution in [0, 0.1) is 12.8 Å². The van der Waals surface area contributed by atoms with E-state index in [1.807, 2.05) is 7.05 Å². The predicted molar refractivity (Wildman–Crippen MR) is 79.8 cm³/mol. The molecule has 1 aromatic rings. The number of rotatable bonds is 5. The van der Waals surface area contributed by atoms with E-state index in [0.29, 0.717) is 0 Å². The highest BCUT2D eigenvalue weighted by molar-refractivity contribution is 5.57. The van der Waals surface area contributed by atoms with Crippen LogP contribution in [0.2, 0.25) is 0 Å². The number of nitrogens with one attached hydrogen (secondary N) is 2. The van der Waals surface area contributed by atoms with Gasteiger partial charge in [-0.25, -0.2) is 9.97 Å². The van der Waals surface area contributed by atoms with Gasteiger partial charge in [-0.15, -0.1) is 0 Å². The molecular formula is C14H25N5.